The molecule has 12 heteroatoms. The molecular formula is C35H52FN5O6. The highest BCUT2D eigenvalue weighted by Gasteiger charge is 2.31. The largest absolute Gasteiger partial charge is 0.490 e. The number of carbonyl (C=O) groups is 3. The van der Waals surface area contributed by atoms with Crippen LogP contribution in [0.2, 0.25) is 0 Å². The number of hydrogen-bond acceptors (Lipinski definition) is 7. The van der Waals surface area contributed by atoms with Crippen LogP contribution in [0.3, 0.4) is 0 Å². The van der Waals surface area contributed by atoms with Crippen molar-refractivity contribution >= 4 is 29.2 Å². The molecule has 0 aliphatic carbocycles. The second-order valence-corrected chi connectivity index (χ2v) is 12.8. The van der Waals surface area contributed by atoms with Gasteiger partial charge in [0.2, 0.25) is 5.91 Å². The average Bonchev–Trinajstić information content (AvgIpc) is 3.03. The van der Waals surface area contributed by atoms with Crippen molar-refractivity contribution in [3.05, 3.63) is 53.8 Å². The number of rotatable bonds is 10. The third-order valence-corrected chi connectivity index (χ3v) is 8.29. The summed E-state index contributed by atoms with van der Waals surface area (Å²) in [5.74, 6) is -0.546. The molecule has 4 atom stereocenters. The van der Waals surface area contributed by atoms with Crippen LogP contribution in [-0.2, 0) is 9.53 Å². The molecule has 11 nitrogen and oxygen atoms in total. The molecule has 0 fully saturated rings. The number of urea groups is 1. The standard InChI is InChI=1S/C35H52FN5O6/c1-24-21-41(25(2)23-42)34(44)30-20-29(38-35(45)37-28-14-12-27(36)13-15-28)16-17-31(30)47-26(3)10-7-8-19-46-32(24)22-40(6)33(43)11-9-18-39(4)5/h12-17,20,24-26,32,42H,7-11,18-19,21-23H2,1-6H3,(H2,37,38,45)/t24-,25-,26-,32+/m0/s1. The molecule has 2 aromatic rings. The molecule has 0 saturated heterocycles. The normalized spacial score (nSPS) is 20.1. The molecule has 2 aromatic carbocycles. The smallest absolute Gasteiger partial charge is 0.323 e. The van der Waals surface area contributed by atoms with Gasteiger partial charge in [-0.2, -0.15) is 0 Å². The van der Waals surface area contributed by atoms with E-state index in [4.69, 9.17) is 9.47 Å². The number of benzene rings is 2. The predicted octanol–water partition coefficient (Wildman–Crippen LogP) is 5.07. The molecule has 1 heterocycles. The second-order valence-electron chi connectivity index (χ2n) is 12.8. The van der Waals surface area contributed by atoms with Crippen LogP contribution in [0, 0.1) is 11.7 Å². The van der Waals surface area contributed by atoms with Crippen LogP contribution < -0.4 is 15.4 Å². The van der Waals surface area contributed by atoms with Crippen molar-refractivity contribution in [1.29, 1.82) is 0 Å². The number of nitrogens with zero attached hydrogens (tertiary/aromatic N) is 3. The second kappa shape index (κ2) is 18.6. The van der Waals surface area contributed by atoms with E-state index in [9.17, 15) is 23.9 Å². The summed E-state index contributed by atoms with van der Waals surface area (Å²) in [6, 6.07) is 9.17. The molecule has 0 bridgehead atoms. The summed E-state index contributed by atoms with van der Waals surface area (Å²) >= 11 is 0. The van der Waals surface area contributed by atoms with Gasteiger partial charge in [0.05, 0.1) is 30.4 Å². The van der Waals surface area contributed by atoms with Crippen molar-refractivity contribution in [2.24, 2.45) is 5.92 Å². The van der Waals surface area contributed by atoms with Crippen molar-refractivity contribution in [2.45, 2.75) is 71.1 Å². The van der Waals surface area contributed by atoms with Crippen LogP contribution in [0.25, 0.3) is 0 Å². The molecule has 4 amide bonds. The fraction of sp³-hybridized carbons (Fsp3) is 0.571. The van der Waals surface area contributed by atoms with Gasteiger partial charge in [-0.05, 0) is 103 Å². The minimum atomic E-state index is -0.561. The summed E-state index contributed by atoms with van der Waals surface area (Å²) in [5, 5.41) is 15.6. The molecule has 47 heavy (non-hydrogen) atoms. The number of anilines is 2. The van der Waals surface area contributed by atoms with Gasteiger partial charge in [-0.1, -0.05) is 6.92 Å². The molecule has 0 saturated carbocycles. The Morgan fingerprint density at radius 3 is 2.43 bits per heavy atom. The Labute approximate surface area is 278 Å². The molecule has 0 radical (unpaired) electrons. The van der Waals surface area contributed by atoms with E-state index < -0.39 is 17.9 Å². The maximum absolute atomic E-state index is 14.3. The quantitative estimate of drug-likeness (QED) is 0.326. The fourth-order valence-electron chi connectivity index (χ4n) is 5.40. The van der Waals surface area contributed by atoms with E-state index in [0.29, 0.717) is 36.7 Å². The Hall–Kier alpha value is -3.74. The van der Waals surface area contributed by atoms with Gasteiger partial charge in [-0.15, -0.1) is 0 Å². The van der Waals surface area contributed by atoms with Crippen LogP contribution in [0.4, 0.5) is 20.6 Å². The van der Waals surface area contributed by atoms with Crippen molar-refractivity contribution in [3.8, 4) is 5.75 Å². The van der Waals surface area contributed by atoms with Gasteiger partial charge in [0.25, 0.3) is 5.91 Å². The van der Waals surface area contributed by atoms with Crippen LogP contribution >= 0.6 is 0 Å². The third-order valence-electron chi connectivity index (χ3n) is 8.29. The Kier molecular flexibility index (Phi) is 14.9. The molecule has 0 aromatic heterocycles. The highest BCUT2D eigenvalue weighted by molar-refractivity contribution is 6.02. The number of nitrogens with one attached hydrogen (secondary N) is 2. The van der Waals surface area contributed by atoms with Crippen LogP contribution in [-0.4, -0.2) is 110 Å². The first-order valence-corrected chi connectivity index (χ1v) is 16.4. The lowest BCUT2D eigenvalue weighted by molar-refractivity contribution is -0.132. The Bertz CT molecular complexity index is 1310. The monoisotopic (exact) mass is 657 g/mol. The molecule has 260 valence electrons. The fourth-order valence-corrected chi connectivity index (χ4v) is 5.40. The number of aliphatic hydroxyl groups excluding tert-OH is 1. The van der Waals surface area contributed by atoms with E-state index >= 15 is 0 Å². The lowest BCUT2D eigenvalue weighted by Crippen LogP contribution is -2.48. The van der Waals surface area contributed by atoms with Crippen molar-refractivity contribution < 1.29 is 33.4 Å². The van der Waals surface area contributed by atoms with Crippen LogP contribution in [0.5, 0.6) is 5.75 Å². The Balaban J connectivity index is 1.87. The zero-order chi connectivity index (χ0) is 34.5. The highest BCUT2D eigenvalue weighted by atomic mass is 19.1. The summed E-state index contributed by atoms with van der Waals surface area (Å²) in [6.45, 7) is 7.41. The van der Waals surface area contributed by atoms with E-state index in [0.717, 1.165) is 32.2 Å². The molecule has 1 aliphatic heterocycles. The SMILES string of the molecule is C[C@H]1CCCCO[C@H](CN(C)C(=O)CCCN(C)C)[C@@H](C)CN([C@@H](C)CO)C(=O)c2cc(NC(=O)Nc3ccc(F)cc3)ccc2O1. The van der Waals surface area contributed by atoms with E-state index in [-0.39, 0.29) is 48.7 Å². The van der Waals surface area contributed by atoms with E-state index in [2.05, 4.69) is 15.5 Å². The van der Waals surface area contributed by atoms with Crippen LogP contribution in [0.1, 0.15) is 63.2 Å². The number of hydrogen-bond donors (Lipinski definition) is 3. The first-order valence-electron chi connectivity index (χ1n) is 16.4. The first-order chi connectivity index (χ1) is 22.4. The van der Waals surface area contributed by atoms with Gasteiger partial charge in [-0.3, -0.25) is 9.59 Å². The number of likely N-dealkylation sites (N-methyl/N-ethyl adjacent to an activating group) is 1. The van der Waals surface area contributed by atoms with Crippen molar-refractivity contribution in [2.75, 3.05) is 64.6 Å². The number of amides is 4. The predicted molar refractivity (Wildman–Crippen MR) is 181 cm³/mol. The minimum Gasteiger partial charge on any atom is -0.490 e. The summed E-state index contributed by atoms with van der Waals surface area (Å²) < 4.78 is 25.9. The molecular weight excluding hydrogens is 605 g/mol. The Morgan fingerprint density at radius 2 is 1.74 bits per heavy atom. The topological polar surface area (TPSA) is 124 Å². The summed E-state index contributed by atoms with van der Waals surface area (Å²) in [5.41, 5.74) is 1.01. The number of fused-ring (bicyclic) bond motifs is 1. The molecule has 0 unspecified atom stereocenters. The maximum atomic E-state index is 14.3. The molecule has 3 N–H and O–H groups in total. The molecule has 3 rings (SSSR count). The van der Waals surface area contributed by atoms with Crippen molar-refractivity contribution in [3.63, 3.8) is 0 Å². The Morgan fingerprint density at radius 1 is 1.06 bits per heavy atom. The van der Waals surface area contributed by atoms with Gasteiger partial charge in [-0.25, -0.2) is 9.18 Å². The van der Waals surface area contributed by atoms with Crippen molar-refractivity contribution in [1.82, 2.24) is 14.7 Å². The van der Waals surface area contributed by atoms with Gasteiger partial charge in [0, 0.05) is 50.5 Å². The minimum absolute atomic E-state index is 0.0436. The van der Waals surface area contributed by atoms with Gasteiger partial charge >= 0.3 is 6.03 Å². The third kappa shape index (κ3) is 12.1. The zero-order valence-electron chi connectivity index (χ0n) is 28.6. The summed E-state index contributed by atoms with van der Waals surface area (Å²) in [6.07, 6.45) is 3.06. The van der Waals surface area contributed by atoms with Crippen LogP contribution in [0.15, 0.2) is 42.5 Å². The zero-order valence-corrected chi connectivity index (χ0v) is 28.6. The number of aliphatic hydroxyl groups is 1. The average molecular weight is 658 g/mol. The molecule has 0 spiro atoms. The van der Waals surface area contributed by atoms with E-state index in [1.165, 1.54) is 24.3 Å². The van der Waals surface area contributed by atoms with Gasteiger partial charge < -0.3 is 39.9 Å². The van der Waals surface area contributed by atoms with E-state index in [1.54, 1.807) is 42.0 Å². The van der Waals surface area contributed by atoms with Gasteiger partial charge in [0.1, 0.15) is 11.6 Å². The summed E-state index contributed by atoms with van der Waals surface area (Å²) in [4.78, 5) is 45.3. The number of ether oxygens (including phenoxy) is 2. The highest BCUT2D eigenvalue weighted by Crippen LogP contribution is 2.29. The van der Waals surface area contributed by atoms with E-state index in [1.807, 2.05) is 27.9 Å². The van der Waals surface area contributed by atoms with Gasteiger partial charge in [0.15, 0.2) is 0 Å². The molecule has 1 aliphatic rings. The number of carbonyl (C=O) groups excluding carboxylic acids is 3. The maximum Gasteiger partial charge on any atom is 0.323 e. The lowest BCUT2D eigenvalue weighted by Gasteiger charge is -2.36. The summed E-state index contributed by atoms with van der Waals surface area (Å²) in [7, 11) is 5.75. The number of halogens is 1. The lowest BCUT2D eigenvalue weighted by atomic mass is 10.0. The first kappa shape index (κ1) is 37.7.